The third-order valence-corrected chi connectivity index (χ3v) is 4.57. The van der Waals surface area contributed by atoms with Gasteiger partial charge in [0.25, 0.3) is 5.17 Å². The first-order valence-electron chi connectivity index (χ1n) is 8.64. The van der Waals surface area contributed by atoms with Crippen LogP contribution in [0.25, 0.3) is 5.69 Å². The molecule has 2 heterocycles. The first-order chi connectivity index (χ1) is 12.6. The molecule has 0 saturated carbocycles. The van der Waals surface area contributed by atoms with E-state index in [2.05, 4.69) is 20.8 Å². The Hall–Kier alpha value is -2.39. The number of rotatable bonds is 6. The molecule has 138 valence electrons. The number of nitrogens with zero attached hydrogens (tertiary/aromatic N) is 5. The molecule has 0 unspecified atom stereocenters. The Morgan fingerprint density at radius 1 is 1.42 bits per heavy atom. The van der Waals surface area contributed by atoms with Gasteiger partial charge in [0.05, 0.1) is 18.3 Å². The monoisotopic (exact) mass is 374 g/mol. The number of thiocarbonyl (C=S) groups is 1. The molecule has 0 spiro atoms. The molecule has 1 aromatic carbocycles. The van der Waals surface area contributed by atoms with E-state index in [1.807, 2.05) is 44.2 Å². The average Bonchev–Trinajstić information content (AvgIpc) is 3.31. The van der Waals surface area contributed by atoms with Gasteiger partial charge in [0, 0.05) is 6.04 Å². The summed E-state index contributed by atoms with van der Waals surface area (Å²) in [5, 5.41) is 14.9. The number of carbonyl (C=O) groups excluding carboxylic acids is 1. The van der Waals surface area contributed by atoms with Gasteiger partial charge in [-0.15, -0.1) is 0 Å². The van der Waals surface area contributed by atoms with E-state index < -0.39 is 0 Å². The zero-order chi connectivity index (χ0) is 18.5. The number of ketones is 1. The molecular formula is C17H22N6O2S. The highest BCUT2D eigenvalue weighted by Crippen LogP contribution is 2.15. The molecule has 0 bridgehead atoms. The maximum Gasteiger partial charge on any atom is 0.347 e. The third-order valence-electron chi connectivity index (χ3n) is 4.25. The zero-order valence-corrected chi connectivity index (χ0v) is 15.6. The van der Waals surface area contributed by atoms with Crippen LogP contribution in [0.5, 0.6) is 6.01 Å². The Morgan fingerprint density at radius 3 is 2.85 bits per heavy atom. The number of benzene rings is 1. The van der Waals surface area contributed by atoms with Crippen LogP contribution in [0.1, 0.15) is 26.7 Å². The Kier molecular flexibility index (Phi) is 5.89. The summed E-state index contributed by atoms with van der Waals surface area (Å²) in [5.74, 6) is 0.116. The van der Waals surface area contributed by atoms with Crippen LogP contribution in [0, 0.1) is 0 Å². The second-order valence-corrected chi connectivity index (χ2v) is 6.76. The topological polar surface area (TPSA) is 85.2 Å². The number of nitrogens with one attached hydrogen (secondary N) is 1. The van der Waals surface area contributed by atoms with Gasteiger partial charge >= 0.3 is 6.01 Å². The Labute approximate surface area is 157 Å². The van der Waals surface area contributed by atoms with E-state index in [4.69, 9.17) is 17.0 Å². The lowest BCUT2D eigenvalue weighted by molar-refractivity contribution is -0.121. The highest BCUT2D eigenvalue weighted by atomic mass is 32.1. The fourth-order valence-corrected chi connectivity index (χ4v) is 3.16. The number of Topliss-reactive ketones (excluding diaryl/α,β-unsaturated/α-hetero) is 1. The van der Waals surface area contributed by atoms with Crippen LogP contribution in [-0.2, 0) is 4.79 Å². The minimum atomic E-state index is -0.103. The lowest BCUT2D eigenvalue weighted by atomic mass is 10.1. The zero-order valence-electron chi connectivity index (χ0n) is 14.8. The van der Waals surface area contributed by atoms with Crippen molar-refractivity contribution >= 4 is 23.2 Å². The van der Waals surface area contributed by atoms with Gasteiger partial charge in [0.15, 0.2) is 5.78 Å². The van der Waals surface area contributed by atoms with Gasteiger partial charge in [-0.05, 0) is 68.0 Å². The number of hydrogen-bond acceptors (Lipinski definition) is 7. The highest BCUT2D eigenvalue weighted by molar-refractivity contribution is 7.80. The summed E-state index contributed by atoms with van der Waals surface area (Å²) in [4.78, 5) is 14.2. The third kappa shape index (κ3) is 4.23. The predicted molar refractivity (Wildman–Crippen MR) is 100 cm³/mol. The van der Waals surface area contributed by atoms with Crippen LogP contribution in [0.15, 0.2) is 30.3 Å². The number of para-hydroxylation sites is 1. The fourth-order valence-electron chi connectivity index (χ4n) is 2.81. The Balaban J connectivity index is 1.71. The second-order valence-electron chi connectivity index (χ2n) is 6.41. The minimum absolute atomic E-state index is 0.00825. The van der Waals surface area contributed by atoms with Crippen LogP contribution >= 0.6 is 12.2 Å². The molecule has 3 rings (SSSR count). The smallest absolute Gasteiger partial charge is 0.347 e. The van der Waals surface area contributed by atoms with E-state index in [0.29, 0.717) is 0 Å². The van der Waals surface area contributed by atoms with E-state index in [0.717, 1.165) is 25.1 Å². The van der Waals surface area contributed by atoms with Crippen molar-refractivity contribution in [2.45, 2.75) is 38.8 Å². The standard InChI is InChI=1S/C17H22N6O2S/c1-12(2)22(11-15(24)14-9-6-10-18-14)17(26)25-16-19-20-21-23(16)13-7-4-3-5-8-13/h3-5,7-8,12,14,18H,6,9-11H2,1-2H3/t14-/m0/s1. The summed E-state index contributed by atoms with van der Waals surface area (Å²) < 4.78 is 7.20. The van der Waals surface area contributed by atoms with Crippen molar-refractivity contribution in [1.29, 1.82) is 0 Å². The largest absolute Gasteiger partial charge is 0.395 e. The number of aromatic nitrogens is 4. The van der Waals surface area contributed by atoms with Crippen molar-refractivity contribution in [2.75, 3.05) is 13.1 Å². The van der Waals surface area contributed by atoms with Gasteiger partial charge in [-0.3, -0.25) is 4.79 Å². The molecule has 0 aliphatic carbocycles. The average molecular weight is 374 g/mol. The van der Waals surface area contributed by atoms with Gasteiger partial charge in [0.2, 0.25) is 0 Å². The molecule has 1 N–H and O–H groups in total. The summed E-state index contributed by atoms with van der Waals surface area (Å²) in [7, 11) is 0. The second kappa shape index (κ2) is 8.33. The summed E-state index contributed by atoms with van der Waals surface area (Å²) >= 11 is 5.42. The summed E-state index contributed by atoms with van der Waals surface area (Å²) in [6, 6.07) is 9.46. The van der Waals surface area contributed by atoms with Crippen molar-refractivity contribution in [3.8, 4) is 11.7 Å². The predicted octanol–water partition coefficient (Wildman–Crippen LogP) is 1.36. The van der Waals surface area contributed by atoms with Crippen LogP contribution in [0.2, 0.25) is 0 Å². The number of tetrazole rings is 1. The molecule has 8 nitrogen and oxygen atoms in total. The van der Waals surface area contributed by atoms with Gasteiger partial charge in [-0.25, -0.2) is 0 Å². The normalized spacial score (nSPS) is 16.7. The molecule has 0 radical (unpaired) electrons. The van der Waals surface area contributed by atoms with Gasteiger partial charge < -0.3 is 15.0 Å². The van der Waals surface area contributed by atoms with Crippen LogP contribution in [0.3, 0.4) is 0 Å². The summed E-state index contributed by atoms with van der Waals surface area (Å²) in [6.45, 7) is 5.00. The Morgan fingerprint density at radius 2 is 2.19 bits per heavy atom. The first-order valence-corrected chi connectivity index (χ1v) is 9.05. The maximum absolute atomic E-state index is 12.5. The molecule has 26 heavy (non-hydrogen) atoms. The van der Waals surface area contributed by atoms with E-state index in [-0.39, 0.29) is 35.6 Å². The molecule has 1 aromatic heterocycles. The van der Waals surface area contributed by atoms with E-state index in [9.17, 15) is 4.79 Å². The molecule has 2 aromatic rings. The molecule has 0 amide bonds. The van der Waals surface area contributed by atoms with Gasteiger partial charge in [-0.2, -0.15) is 4.68 Å². The molecule has 1 atom stereocenters. The Bertz CT molecular complexity index is 758. The van der Waals surface area contributed by atoms with Crippen molar-refractivity contribution in [3.63, 3.8) is 0 Å². The van der Waals surface area contributed by atoms with Crippen molar-refractivity contribution in [2.24, 2.45) is 0 Å². The van der Waals surface area contributed by atoms with Gasteiger partial charge in [-0.1, -0.05) is 23.3 Å². The van der Waals surface area contributed by atoms with Crippen molar-refractivity contribution < 1.29 is 9.53 Å². The van der Waals surface area contributed by atoms with E-state index in [1.54, 1.807) is 4.90 Å². The summed E-state index contributed by atoms with van der Waals surface area (Å²) in [5.41, 5.74) is 0.762. The number of ether oxygens (including phenoxy) is 1. The molecule has 1 saturated heterocycles. The lowest BCUT2D eigenvalue weighted by Crippen LogP contribution is -2.46. The summed E-state index contributed by atoms with van der Waals surface area (Å²) in [6.07, 6.45) is 1.88. The van der Waals surface area contributed by atoms with Crippen LogP contribution in [-0.4, -0.2) is 61.2 Å². The lowest BCUT2D eigenvalue weighted by Gasteiger charge is -2.28. The maximum atomic E-state index is 12.5. The SMILES string of the molecule is CC(C)N(CC(=O)[C@@H]1CCCN1)C(=S)Oc1nnnn1-c1ccccc1. The minimum Gasteiger partial charge on any atom is -0.395 e. The van der Waals surface area contributed by atoms with E-state index in [1.165, 1.54) is 4.68 Å². The number of carbonyl (C=O) groups is 1. The molecule has 1 aliphatic rings. The van der Waals surface area contributed by atoms with Crippen LogP contribution < -0.4 is 10.1 Å². The van der Waals surface area contributed by atoms with Crippen molar-refractivity contribution in [3.05, 3.63) is 30.3 Å². The molecule has 1 fully saturated rings. The molecular weight excluding hydrogens is 352 g/mol. The quantitative estimate of drug-likeness (QED) is 0.759. The van der Waals surface area contributed by atoms with E-state index >= 15 is 0 Å². The van der Waals surface area contributed by atoms with Gasteiger partial charge in [0.1, 0.15) is 0 Å². The molecule has 9 heteroatoms. The highest BCUT2D eigenvalue weighted by Gasteiger charge is 2.27. The van der Waals surface area contributed by atoms with Crippen molar-refractivity contribution in [1.82, 2.24) is 30.4 Å². The number of hydrogen-bond donors (Lipinski definition) is 1. The first kappa shape index (κ1) is 18.4. The van der Waals surface area contributed by atoms with Crippen LogP contribution in [0.4, 0.5) is 0 Å². The molecule has 1 aliphatic heterocycles. The fraction of sp³-hybridized carbons (Fsp3) is 0.471.